The Labute approximate surface area is 183 Å². The molecule has 0 spiro atoms. The van der Waals surface area contributed by atoms with Crippen LogP contribution in [0.15, 0.2) is 18.5 Å². The molecule has 1 saturated carbocycles. The summed E-state index contributed by atoms with van der Waals surface area (Å²) in [5.74, 6) is 0.643. The predicted octanol–water partition coefficient (Wildman–Crippen LogP) is 2.56. The first kappa shape index (κ1) is 23.1. The van der Waals surface area contributed by atoms with Gasteiger partial charge in [0.05, 0.1) is 18.1 Å². The Hall–Kier alpha value is -2.52. The van der Waals surface area contributed by atoms with Crippen molar-refractivity contribution in [3.05, 3.63) is 24.2 Å². The summed E-state index contributed by atoms with van der Waals surface area (Å²) in [5, 5.41) is 6.08. The zero-order chi connectivity index (χ0) is 21.9. The monoisotopic (exact) mass is 431 g/mol. The van der Waals surface area contributed by atoms with Gasteiger partial charge in [-0.1, -0.05) is 19.3 Å². The van der Waals surface area contributed by atoms with Gasteiger partial charge in [-0.15, -0.1) is 0 Å². The van der Waals surface area contributed by atoms with Crippen molar-refractivity contribution in [1.82, 2.24) is 20.8 Å². The number of nitrogens with zero attached hydrogens (tertiary/aromatic N) is 2. The molecule has 1 aliphatic carbocycles. The maximum Gasteiger partial charge on any atom is 0.267 e. The van der Waals surface area contributed by atoms with Gasteiger partial charge >= 0.3 is 0 Å². The molecular weight excluding hydrogens is 398 g/mol. The fourth-order valence-corrected chi connectivity index (χ4v) is 3.70. The van der Waals surface area contributed by atoms with Gasteiger partial charge in [0.2, 0.25) is 5.91 Å². The van der Waals surface area contributed by atoms with Gasteiger partial charge in [0.1, 0.15) is 11.9 Å². The van der Waals surface area contributed by atoms with Crippen molar-refractivity contribution >= 4 is 23.7 Å². The smallest absolute Gasteiger partial charge is 0.267 e. The second kappa shape index (κ2) is 12.4. The molecule has 3 rings (SSSR count). The number of hydrogen-bond acceptors (Lipinski definition) is 7. The Kier molecular flexibility index (Phi) is 9.23. The number of hydrogen-bond donors (Lipinski definition) is 3. The minimum atomic E-state index is -0.413. The molecule has 2 atom stereocenters. The highest BCUT2D eigenvalue weighted by Crippen LogP contribution is 2.22. The predicted molar refractivity (Wildman–Crippen MR) is 117 cm³/mol. The second-order valence-corrected chi connectivity index (χ2v) is 8.16. The van der Waals surface area contributed by atoms with Crippen molar-refractivity contribution in [1.29, 1.82) is 0 Å². The molecule has 1 aromatic rings. The highest BCUT2D eigenvalue weighted by molar-refractivity contribution is 5.90. The number of nitrogens with one attached hydrogen (secondary N) is 3. The molecule has 9 nitrogen and oxygen atoms in total. The maximum atomic E-state index is 12.3. The van der Waals surface area contributed by atoms with E-state index in [1.54, 1.807) is 6.92 Å². The maximum absolute atomic E-state index is 12.3. The third-order valence-corrected chi connectivity index (χ3v) is 5.55. The van der Waals surface area contributed by atoms with E-state index in [0.717, 1.165) is 25.8 Å². The van der Waals surface area contributed by atoms with E-state index in [2.05, 4.69) is 26.1 Å². The van der Waals surface area contributed by atoms with E-state index in [4.69, 9.17) is 9.57 Å². The third-order valence-electron chi connectivity index (χ3n) is 5.55. The standard InChI is InChI=1S/C22H33N5O4/c1-16(22(29)25-13-17-7-3-2-4-8-17)26-19-15-23-18(14-24-19)10-11-20(28)27-31-21-9-5-6-12-30-21/h10-11,14-17,21H,2-9,12-13H2,1H3,(H,24,26)(H,25,29)(H,27,28)/t16-,21?/m0/s1. The van der Waals surface area contributed by atoms with Crippen LogP contribution in [0.5, 0.6) is 0 Å². The average Bonchev–Trinajstić information content (AvgIpc) is 2.82. The molecule has 0 bridgehead atoms. The normalized spacial score (nSPS) is 20.9. The molecule has 170 valence electrons. The van der Waals surface area contributed by atoms with E-state index in [9.17, 15) is 9.59 Å². The number of aromatic nitrogens is 2. The van der Waals surface area contributed by atoms with Crippen molar-refractivity contribution in [2.45, 2.75) is 70.6 Å². The zero-order valence-electron chi connectivity index (χ0n) is 18.1. The van der Waals surface area contributed by atoms with Gasteiger partial charge in [-0.25, -0.2) is 15.3 Å². The van der Waals surface area contributed by atoms with Gasteiger partial charge in [0, 0.05) is 25.6 Å². The fourth-order valence-electron chi connectivity index (χ4n) is 3.70. The van der Waals surface area contributed by atoms with Crippen molar-refractivity contribution in [3.63, 3.8) is 0 Å². The number of carbonyl (C=O) groups excluding carboxylic acids is 2. The molecule has 31 heavy (non-hydrogen) atoms. The number of carbonyl (C=O) groups is 2. The Bertz CT molecular complexity index is 728. The third kappa shape index (κ3) is 8.26. The second-order valence-electron chi connectivity index (χ2n) is 8.16. The lowest BCUT2D eigenvalue weighted by atomic mass is 9.89. The van der Waals surface area contributed by atoms with Crippen molar-refractivity contribution in [2.75, 3.05) is 18.5 Å². The van der Waals surface area contributed by atoms with Crippen LogP contribution < -0.4 is 16.1 Å². The minimum absolute atomic E-state index is 0.0463. The molecule has 1 saturated heterocycles. The van der Waals surface area contributed by atoms with Crippen molar-refractivity contribution < 1.29 is 19.2 Å². The molecule has 1 aliphatic heterocycles. The number of ether oxygens (including phenoxy) is 1. The molecule has 1 unspecified atom stereocenters. The molecule has 3 N–H and O–H groups in total. The SMILES string of the molecule is C[C@H](Nc1cnc(C=CC(=O)NOC2CCCCO2)cn1)C(=O)NCC1CCCCC1. The van der Waals surface area contributed by atoms with Gasteiger partial charge < -0.3 is 15.4 Å². The highest BCUT2D eigenvalue weighted by atomic mass is 16.8. The summed E-state index contributed by atoms with van der Waals surface area (Å²) >= 11 is 0. The lowest BCUT2D eigenvalue weighted by Crippen LogP contribution is -2.40. The van der Waals surface area contributed by atoms with E-state index >= 15 is 0 Å². The Balaban J connectivity index is 1.37. The summed E-state index contributed by atoms with van der Waals surface area (Å²) in [7, 11) is 0. The van der Waals surface area contributed by atoms with Gasteiger partial charge in [-0.3, -0.25) is 14.6 Å². The summed E-state index contributed by atoms with van der Waals surface area (Å²) in [6.45, 7) is 3.18. The zero-order valence-corrected chi connectivity index (χ0v) is 18.1. The van der Waals surface area contributed by atoms with Crippen LogP contribution in [0.2, 0.25) is 0 Å². The summed E-state index contributed by atoms with van der Waals surface area (Å²) < 4.78 is 5.38. The van der Waals surface area contributed by atoms with E-state index in [-0.39, 0.29) is 5.91 Å². The minimum Gasteiger partial charge on any atom is -0.357 e. The van der Waals surface area contributed by atoms with Gasteiger partial charge in [0.15, 0.2) is 6.29 Å². The molecule has 0 radical (unpaired) electrons. The highest BCUT2D eigenvalue weighted by Gasteiger charge is 2.18. The number of hydroxylamine groups is 1. The number of anilines is 1. The molecule has 2 heterocycles. The van der Waals surface area contributed by atoms with Gasteiger partial charge in [0.25, 0.3) is 5.91 Å². The van der Waals surface area contributed by atoms with E-state index < -0.39 is 18.2 Å². The molecule has 1 aromatic heterocycles. The van der Waals surface area contributed by atoms with E-state index in [1.807, 2.05) is 0 Å². The summed E-state index contributed by atoms with van der Waals surface area (Å²) in [5.41, 5.74) is 2.87. The summed E-state index contributed by atoms with van der Waals surface area (Å²) in [6.07, 6.45) is 14.6. The van der Waals surface area contributed by atoms with Crippen molar-refractivity contribution in [2.24, 2.45) is 5.92 Å². The van der Waals surface area contributed by atoms with Crippen LogP contribution in [0.4, 0.5) is 5.82 Å². The van der Waals surface area contributed by atoms with Crippen molar-refractivity contribution in [3.8, 4) is 0 Å². The molecule has 9 heteroatoms. The molecule has 2 aliphatic rings. The molecular formula is C22H33N5O4. The van der Waals surface area contributed by atoms with Crippen LogP contribution in [0.25, 0.3) is 6.08 Å². The van der Waals surface area contributed by atoms with Crippen LogP contribution in [0.1, 0.15) is 64.0 Å². The average molecular weight is 432 g/mol. The van der Waals surface area contributed by atoms with E-state index in [1.165, 1.54) is 56.6 Å². The quantitative estimate of drug-likeness (QED) is 0.407. The van der Waals surface area contributed by atoms with E-state index in [0.29, 0.717) is 24.0 Å². The molecule has 0 aromatic carbocycles. The van der Waals surface area contributed by atoms with Crippen LogP contribution in [0, 0.1) is 5.92 Å². The Morgan fingerprint density at radius 3 is 2.68 bits per heavy atom. The molecule has 2 fully saturated rings. The first-order valence-electron chi connectivity index (χ1n) is 11.2. The topological polar surface area (TPSA) is 114 Å². The van der Waals surface area contributed by atoms with Crippen LogP contribution >= 0.6 is 0 Å². The largest absolute Gasteiger partial charge is 0.357 e. The number of amides is 2. The van der Waals surface area contributed by atoms with Gasteiger partial charge in [-0.05, 0) is 44.6 Å². The summed E-state index contributed by atoms with van der Waals surface area (Å²) in [6, 6.07) is -0.413. The lowest BCUT2D eigenvalue weighted by molar-refractivity contribution is -0.198. The summed E-state index contributed by atoms with van der Waals surface area (Å²) in [4.78, 5) is 37.9. The number of rotatable bonds is 9. The Morgan fingerprint density at radius 2 is 1.97 bits per heavy atom. The fraction of sp³-hybridized carbons (Fsp3) is 0.636. The van der Waals surface area contributed by atoms with Crippen LogP contribution in [-0.2, 0) is 19.2 Å². The lowest BCUT2D eigenvalue weighted by Gasteiger charge is -2.23. The first-order valence-corrected chi connectivity index (χ1v) is 11.2. The Morgan fingerprint density at radius 1 is 1.16 bits per heavy atom. The van der Waals surface area contributed by atoms with Crippen LogP contribution in [0.3, 0.4) is 0 Å². The first-order chi connectivity index (χ1) is 15.1. The van der Waals surface area contributed by atoms with Crippen LogP contribution in [-0.4, -0.2) is 47.3 Å². The van der Waals surface area contributed by atoms with Gasteiger partial charge in [-0.2, -0.15) is 0 Å². The molecule has 2 amide bonds.